The number of amides is 1. The molecule has 3 N–H and O–H groups in total. The van der Waals surface area contributed by atoms with Crippen LogP contribution in [0.5, 0.6) is 0 Å². The van der Waals surface area contributed by atoms with Crippen LogP contribution in [0.4, 0.5) is 23.7 Å². The van der Waals surface area contributed by atoms with Gasteiger partial charge in [0.15, 0.2) is 0 Å². The molecule has 4 nitrogen and oxygen atoms in total. The number of nitrogen functional groups attached to an aromatic ring is 1. The normalized spacial score (nSPS) is 11.4. The van der Waals surface area contributed by atoms with Crippen LogP contribution in [0.2, 0.25) is 0 Å². The molecule has 0 aliphatic carbocycles. The SMILES string of the molecule is CC(C)(C)OC(=O)NCC#Cc1cc(Br)cc(C(F)(F)F)c1N. The smallest absolute Gasteiger partial charge is 0.418 e. The van der Waals surface area contributed by atoms with Gasteiger partial charge in [-0.15, -0.1) is 0 Å². The third-order valence-corrected chi connectivity index (χ3v) is 2.85. The number of nitrogens with one attached hydrogen (secondary N) is 1. The van der Waals surface area contributed by atoms with Crippen molar-refractivity contribution in [2.45, 2.75) is 32.5 Å². The highest BCUT2D eigenvalue weighted by atomic mass is 79.9. The van der Waals surface area contributed by atoms with E-state index in [0.29, 0.717) is 0 Å². The number of carbonyl (C=O) groups excluding carboxylic acids is 1. The molecular weight excluding hydrogens is 377 g/mol. The molecular formula is C15H16BrF3N2O2. The molecule has 0 fully saturated rings. The van der Waals surface area contributed by atoms with Crippen LogP contribution in [-0.4, -0.2) is 18.2 Å². The Bertz CT molecular complexity index is 656. The molecule has 1 rings (SSSR count). The van der Waals surface area contributed by atoms with Crippen molar-refractivity contribution in [1.29, 1.82) is 0 Å². The molecule has 0 saturated carbocycles. The maximum Gasteiger partial charge on any atom is 0.418 e. The highest BCUT2D eigenvalue weighted by Crippen LogP contribution is 2.36. The zero-order valence-electron chi connectivity index (χ0n) is 12.8. The van der Waals surface area contributed by atoms with Gasteiger partial charge >= 0.3 is 12.3 Å². The standard InChI is InChI=1S/C15H16BrF3N2O2/c1-14(2,3)23-13(22)21-6-4-5-9-7-10(16)8-11(12(9)20)15(17,18)19/h7-8H,6,20H2,1-3H3,(H,21,22). The van der Waals surface area contributed by atoms with E-state index in [1.165, 1.54) is 6.07 Å². The Morgan fingerprint density at radius 2 is 1.96 bits per heavy atom. The van der Waals surface area contributed by atoms with E-state index in [4.69, 9.17) is 10.5 Å². The summed E-state index contributed by atoms with van der Waals surface area (Å²) < 4.78 is 43.7. The Hall–Kier alpha value is -1.88. The summed E-state index contributed by atoms with van der Waals surface area (Å²) in [4.78, 5) is 11.4. The lowest BCUT2D eigenvalue weighted by molar-refractivity contribution is -0.137. The van der Waals surface area contributed by atoms with Gasteiger partial charge in [-0.3, -0.25) is 0 Å². The summed E-state index contributed by atoms with van der Waals surface area (Å²) in [7, 11) is 0. The van der Waals surface area contributed by atoms with Crippen LogP contribution < -0.4 is 11.1 Å². The quantitative estimate of drug-likeness (QED) is 0.562. The van der Waals surface area contributed by atoms with Crippen LogP contribution in [0.15, 0.2) is 16.6 Å². The Balaban J connectivity index is 2.84. The van der Waals surface area contributed by atoms with E-state index in [2.05, 4.69) is 33.1 Å². The zero-order chi connectivity index (χ0) is 17.8. The molecule has 0 saturated heterocycles. The molecule has 0 unspecified atom stereocenters. The van der Waals surface area contributed by atoms with Gasteiger partial charge in [0.25, 0.3) is 0 Å². The van der Waals surface area contributed by atoms with Crippen LogP contribution in [0, 0.1) is 11.8 Å². The summed E-state index contributed by atoms with van der Waals surface area (Å²) in [6, 6.07) is 2.27. The molecule has 126 valence electrons. The lowest BCUT2D eigenvalue weighted by atomic mass is 10.1. The lowest BCUT2D eigenvalue weighted by Gasteiger charge is -2.19. The van der Waals surface area contributed by atoms with E-state index in [0.717, 1.165) is 6.07 Å². The van der Waals surface area contributed by atoms with E-state index in [1.54, 1.807) is 20.8 Å². The summed E-state index contributed by atoms with van der Waals surface area (Å²) in [5.41, 5.74) is 3.47. The molecule has 0 heterocycles. The second-order valence-corrected chi connectivity index (χ2v) is 6.49. The number of benzene rings is 1. The number of alkyl halides is 3. The van der Waals surface area contributed by atoms with Crippen LogP contribution in [0.1, 0.15) is 31.9 Å². The molecule has 1 amide bonds. The lowest BCUT2D eigenvalue weighted by Crippen LogP contribution is -2.32. The molecule has 0 aliphatic rings. The molecule has 8 heteroatoms. The first-order valence-electron chi connectivity index (χ1n) is 6.52. The van der Waals surface area contributed by atoms with Crippen molar-refractivity contribution in [3.05, 3.63) is 27.7 Å². The van der Waals surface area contributed by atoms with Gasteiger partial charge in [0.05, 0.1) is 17.8 Å². The number of ether oxygens (including phenoxy) is 1. The fourth-order valence-electron chi connectivity index (χ4n) is 1.53. The van der Waals surface area contributed by atoms with Crippen molar-refractivity contribution >= 4 is 27.7 Å². The first-order chi connectivity index (χ1) is 10.4. The molecule has 0 bridgehead atoms. The molecule has 23 heavy (non-hydrogen) atoms. The van der Waals surface area contributed by atoms with Gasteiger partial charge in [-0.1, -0.05) is 27.8 Å². The first-order valence-corrected chi connectivity index (χ1v) is 7.31. The maximum atomic E-state index is 12.8. The van der Waals surface area contributed by atoms with E-state index < -0.39 is 29.1 Å². The van der Waals surface area contributed by atoms with Crippen LogP contribution in [0.25, 0.3) is 0 Å². The summed E-state index contributed by atoms with van der Waals surface area (Å²) in [6.07, 6.45) is -5.23. The number of hydrogen-bond donors (Lipinski definition) is 2. The van der Waals surface area contributed by atoms with Gasteiger partial charge in [0.1, 0.15) is 5.60 Å². The van der Waals surface area contributed by atoms with Gasteiger partial charge in [0.2, 0.25) is 0 Å². The molecule has 1 aromatic carbocycles. The number of rotatable bonds is 1. The van der Waals surface area contributed by atoms with Crippen molar-refractivity contribution in [2.75, 3.05) is 12.3 Å². The molecule has 0 aromatic heterocycles. The highest BCUT2D eigenvalue weighted by molar-refractivity contribution is 9.10. The highest BCUT2D eigenvalue weighted by Gasteiger charge is 2.34. The molecule has 0 atom stereocenters. The summed E-state index contributed by atoms with van der Waals surface area (Å²) in [5, 5.41) is 2.38. The fraction of sp³-hybridized carbons (Fsp3) is 0.400. The summed E-state index contributed by atoms with van der Waals surface area (Å²) in [5.74, 6) is 5.04. The number of hydrogen-bond acceptors (Lipinski definition) is 3. The number of anilines is 1. The first kappa shape index (κ1) is 19.2. The fourth-order valence-corrected chi connectivity index (χ4v) is 1.98. The summed E-state index contributed by atoms with van der Waals surface area (Å²) in [6.45, 7) is 5.04. The van der Waals surface area contributed by atoms with E-state index in [9.17, 15) is 18.0 Å². The number of halogens is 4. The Kier molecular flexibility index (Phi) is 5.94. The average Bonchev–Trinajstić information content (AvgIpc) is 2.34. The predicted molar refractivity (Wildman–Crippen MR) is 84.7 cm³/mol. The minimum atomic E-state index is -4.57. The van der Waals surface area contributed by atoms with Crippen LogP contribution >= 0.6 is 15.9 Å². The van der Waals surface area contributed by atoms with Crippen molar-refractivity contribution in [2.24, 2.45) is 0 Å². The molecule has 0 aliphatic heterocycles. The number of alkyl carbamates (subject to hydrolysis) is 1. The number of nitrogens with two attached hydrogens (primary N) is 1. The maximum absolute atomic E-state index is 12.8. The second-order valence-electron chi connectivity index (χ2n) is 5.57. The summed E-state index contributed by atoms with van der Waals surface area (Å²) >= 11 is 2.99. The second kappa shape index (κ2) is 7.13. The Morgan fingerprint density at radius 1 is 1.35 bits per heavy atom. The average molecular weight is 393 g/mol. The predicted octanol–water partition coefficient (Wildman–Crippen LogP) is 3.93. The minimum absolute atomic E-state index is 0.0256. The largest absolute Gasteiger partial charge is 0.444 e. The van der Waals surface area contributed by atoms with Crippen molar-refractivity contribution in [3.63, 3.8) is 0 Å². The van der Waals surface area contributed by atoms with Gasteiger partial charge in [-0.05, 0) is 32.9 Å². The minimum Gasteiger partial charge on any atom is -0.444 e. The van der Waals surface area contributed by atoms with Crippen LogP contribution in [-0.2, 0) is 10.9 Å². The molecule has 0 radical (unpaired) electrons. The topological polar surface area (TPSA) is 64.3 Å². The third kappa shape index (κ3) is 6.40. The molecule has 1 aromatic rings. The monoisotopic (exact) mass is 392 g/mol. The number of carbonyl (C=O) groups is 1. The van der Waals surface area contributed by atoms with Gasteiger partial charge in [-0.2, -0.15) is 13.2 Å². The van der Waals surface area contributed by atoms with E-state index in [-0.39, 0.29) is 16.6 Å². The van der Waals surface area contributed by atoms with Gasteiger partial charge in [-0.25, -0.2) is 4.79 Å². The Morgan fingerprint density at radius 3 is 2.48 bits per heavy atom. The van der Waals surface area contributed by atoms with Crippen molar-refractivity contribution in [1.82, 2.24) is 5.32 Å². The van der Waals surface area contributed by atoms with Gasteiger partial charge < -0.3 is 15.8 Å². The third-order valence-electron chi connectivity index (χ3n) is 2.39. The van der Waals surface area contributed by atoms with Gasteiger partial charge in [0, 0.05) is 10.0 Å². The molecule has 0 spiro atoms. The zero-order valence-corrected chi connectivity index (χ0v) is 14.4. The van der Waals surface area contributed by atoms with E-state index in [1.807, 2.05) is 0 Å². The van der Waals surface area contributed by atoms with Crippen molar-refractivity contribution < 1.29 is 22.7 Å². The van der Waals surface area contributed by atoms with E-state index >= 15 is 0 Å². The van der Waals surface area contributed by atoms with Crippen LogP contribution in [0.3, 0.4) is 0 Å². The Labute approximate surface area is 140 Å². The van der Waals surface area contributed by atoms with Crippen molar-refractivity contribution in [3.8, 4) is 11.8 Å².